The maximum Gasteiger partial charge on any atom is 0.0999 e. The quantitative estimate of drug-likeness (QED) is 0.350. The Morgan fingerprint density at radius 1 is 1.27 bits per heavy atom. The molecule has 0 unspecified atom stereocenters. The van der Waals surface area contributed by atoms with Crippen LogP contribution in [0.1, 0.15) is 58.7 Å². The normalized spacial score (nSPS) is 12.7. The second kappa shape index (κ2) is 9.21. The third kappa shape index (κ3) is 4.94. The lowest BCUT2D eigenvalue weighted by atomic mass is 10.1. The van der Waals surface area contributed by atoms with Crippen molar-refractivity contribution in [2.24, 2.45) is 0 Å². The first kappa shape index (κ1) is 21.7. The topological polar surface area (TPSA) is 104 Å². The number of hydrogen-bond acceptors (Lipinski definition) is 6. The summed E-state index contributed by atoms with van der Waals surface area (Å²) in [6, 6.07) is 2.29. The van der Waals surface area contributed by atoms with Crippen molar-refractivity contribution in [3.8, 4) is 11.3 Å². The lowest BCUT2D eigenvalue weighted by molar-refractivity contribution is 0.0722. The van der Waals surface area contributed by atoms with Crippen LogP contribution in [0.5, 0.6) is 0 Å². The highest BCUT2D eigenvalue weighted by atomic mass is 16.3. The molecule has 0 saturated heterocycles. The number of aromatic nitrogens is 5. The van der Waals surface area contributed by atoms with Crippen LogP contribution in [0.4, 0.5) is 0 Å². The Hall–Kier alpha value is -3.00. The van der Waals surface area contributed by atoms with E-state index in [9.17, 15) is 5.11 Å². The zero-order valence-electron chi connectivity index (χ0n) is 18.1. The molecule has 8 heteroatoms. The van der Waals surface area contributed by atoms with Gasteiger partial charge in [-0.3, -0.25) is 4.68 Å². The number of aliphatic hydroxyl groups is 1. The van der Waals surface area contributed by atoms with E-state index < -0.39 is 5.60 Å². The molecule has 0 aromatic carbocycles. The van der Waals surface area contributed by atoms with Gasteiger partial charge in [-0.25, -0.2) is 9.50 Å². The highest BCUT2D eigenvalue weighted by Gasteiger charge is 2.15. The summed E-state index contributed by atoms with van der Waals surface area (Å²) in [7, 11) is 0. The molecular weight excluding hydrogens is 378 g/mol. The van der Waals surface area contributed by atoms with Crippen LogP contribution in [-0.4, -0.2) is 47.8 Å². The van der Waals surface area contributed by atoms with Crippen LogP contribution in [0.25, 0.3) is 22.3 Å². The van der Waals surface area contributed by atoms with Crippen molar-refractivity contribution >= 4 is 17.3 Å². The molecule has 0 aliphatic carbocycles. The second-order valence-corrected chi connectivity index (χ2v) is 8.08. The van der Waals surface area contributed by atoms with Crippen LogP contribution in [0.2, 0.25) is 0 Å². The van der Waals surface area contributed by atoms with Gasteiger partial charge in [-0.05, 0) is 39.2 Å². The molecular formula is C22H31N7O. The lowest BCUT2D eigenvalue weighted by Crippen LogP contribution is -2.24. The van der Waals surface area contributed by atoms with Gasteiger partial charge in [-0.2, -0.15) is 10.2 Å². The fraction of sp³-hybridized carbons (Fsp3) is 0.455. The van der Waals surface area contributed by atoms with Gasteiger partial charge in [-0.15, -0.1) is 0 Å². The van der Waals surface area contributed by atoms with Gasteiger partial charge in [-0.1, -0.05) is 13.8 Å². The minimum absolute atomic E-state index is 0.361. The van der Waals surface area contributed by atoms with Gasteiger partial charge in [0.15, 0.2) is 0 Å². The van der Waals surface area contributed by atoms with Gasteiger partial charge in [0, 0.05) is 36.3 Å². The number of rotatable bonds is 10. The Balaban J connectivity index is 1.95. The predicted molar refractivity (Wildman–Crippen MR) is 120 cm³/mol. The molecule has 0 radical (unpaired) electrons. The van der Waals surface area contributed by atoms with E-state index in [4.69, 9.17) is 10.4 Å². The van der Waals surface area contributed by atoms with E-state index in [1.54, 1.807) is 30.8 Å². The number of nitrogens with zero attached hydrogens (tertiary/aromatic N) is 5. The summed E-state index contributed by atoms with van der Waals surface area (Å²) in [5, 5.41) is 29.8. The van der Waals surface area contributed by atoms with Gasteiger partial charge in [0.25, 0.3) is 0 Å². The summed E-state index contributed by atoms with van der Waals surface area (Å²) >= 11 is 0. The van der Waals surface area contributed by atoms with Crippen molar-refractivity contribution in [1.82, 2.24) is 29.7 Å². The third-order valence-electron chi connectivity index (χ3n) is 5.17. The first-order chi connectivity index (χ1) is 14.4. The fourth-order valence-electron chi connectivity index (χ4n) is 3.35. The summed E-state index contributed by atoms with van der Waals surface area (Å²) < 4.78 is 3.78. The standard InChI is InChI=1S/C22H31N7O/c1-5-18(6-2)28-14-17(13-26-28)21-20-7-9-25-29(20)15-19(27-21)16(11-23)12-24-10-8-22(3,4)30/h7,9,11-15,18,23-24,30H,5-6,8,10H2,1-4H3/b16-12+,23-11?. The van der Waals surface area contributed by atoms with Crippen molar-refractivity contribution in [3.05, 3.63) is 42.7 Å². The Labute approximate surface area is 177 Å². The van der Waals surface area contributed by atoms with Gasteiger partial charge in [0.1, 0.15) is 0 Å². The predicted octanol–water partition coefficient (Wildman–Crippen LogP) is 3.69. The number of nitrogens with one attached hydrogen (secondary N) is 2. The highest BCUT2D eigenvalue weighted by Crippen LogP contribution is 2.26. The first-order valence-corrected chi connectivity index (χ1v) is 10.4. The van der Waals surface area contributed by atoms with E-state index in [2.05, 4.69) is 29.4 Å². The Morgan fingerprint density at radius 3 is 2.70 bits per heavy atom. The van der Waals surface area contributed by atoms with Gasteiger partial charge < -0.3 is 15.8 Å². The largest absolute Gasteiger partial charge is 0.390 e. The molecule has 3 rings (SSSR count). The number of fused-ring (bicyclic) bond motifs is 1. The molecule has 160 valence electrons. The van der Waals surface area contributed by atoms with Crippen molar-refractivity contribution in [1.29, 1.82) is 5.41 Å². The Morgan fingerprint density at radius 2 is 2.03 bits per heavy atom. The molecule has 0 bridgehead atoms. The van der Waals surface area contributed by atoms with Gasteiger partial charge in [0.2, 0.25) is 0 Å². The number of hydrogen-bond donors (Lipinski definition) is 3. The maximum atomic E-state index is 9.85. The second-order valence-electron chi connectivity index (χ2n) is 8.08. The molecule has 30 heavy (non-hydrogen) atoms. The summed E-state index contributed by atoms with van der Waals surface area (Å²) in [4.78, 5) is 4.84. The smallest absolute Gasteiger partial charge is 0.0999 e. The lowest BCUT2D eigenvalue weighted by Gasteiger charge is -2.16. The first-order valence-electron chi connectivity index (χ1n) is 10.4. The number of allylic oxidation sites excluding steroid dienone is 1. The summed E-state index contributed by atoms with van der Waals surface area (Å²) in [5.41, 5.74) is 3.14. The minimum atomic E-state index is -0.736. The molecule has 0 amide bonds. The van der Waals surface area contributed by atoms with Crippen LogP contribution >= 0.6 is 0 Å². The molecule has 8 nitrogen and oxygen atoms in total. The average molecular weight is 410 g/mol. The summed E-state index contributed by atoms with van der Waals surface area (Å²) in [6.07, 6.45) is 13.1. The zero-order chi connectivity index (χ0) is 21.7. The van der Waals surface area contributed by atoms with Crippen LogP contribution in [0.15, 0.2) is 37.1 Å². The van der Waals surface area contributed by atoms with Crippen LogP contribution in [0, 0.1) is 5.41 Å². The van der Waals surface area contributed by atoms with Crippen molar-refractivity contribution in [2.75, 3.05) is 6.54 Å². The van der Waals surface area contributed by atoms with E-state index in [0.717, 1.165) is 29.6 Å². The molecule has 3 aromatic rings. The maximum absolute atomic E-state index is 9.85. The van der Waals surface area contributed by atoms with E-state index in [-0.39, 0.29) is 0 Å². The molecule has 3 N–H and O–H groups in total. The average Bonchev–Trinajstić information content (AvgIpc) is 3.37. The fourth-order valence-corrected chi connectivity index (χ4v) is 3.35. The van der Waals surface area contributed by atoms with Crippen LogP contribution < -0.4 is 5.32 Å². The zero-order valence-corrected chi connectivity index (χ0v) is 18.1. The summed E-state index contributed by atoms with van der Waals surface area (Å²) in [5.74, 6) is 0. The van der Waals surface area contributed by atoms with E-state index >= 15 is 0 Å². The molecule has 0 fully saturated rings. The molecule has 0 aliphatic heterocycles. The molecule has 0 aliphatic rings. The molecule has 0 saturated carbocycles. The van der Waals surface area contributed by atoms with Gasteiger partial charge in [0.05, 0.1) is 47.1 Å². The molecule has 0 spiro atoms. The van der Waals surface area contributed by atoms with Crippen LogP contribution in [0.3, 0.4) is 0 Å². The van der Waals surface area contributed by atoms with Crippen molar-refractivity contribution in [2.45, 2.75) is 58.6 Å². The van der Waals surface area contributed by atoms with E-state index in [1.807, 2.05) is 29.3 Å². The minimum Gasteiger partial charge on any atom is -0.390 e. The molecule has 3 heterocycles. The summed E-state index contributed by atoms with van der Waals surface area (Å²) in [6.45, 7) is 8.47. The monoisotopic (exact) mass is 409 g/mol. The van der Waals surface area contributed by atoms with Gasteiger partial charge >= 0.3 is 0 Å². The Kier molecular flexibility index (Phi) is 6.66. The van der Waals surface area contributed by atoms with Crippen molar-refractivity contribution in [3.63, 3.8) is 0 Å². The van der Waals surface area contributed by atoms with E-state index in [0.29, 0.717) is 30.3 Å². The SMILES string of the molecule is CCC(CC)n1cc(-c2nc(/C(C=N)=C/NCCC(C)(C)O)cn3nccc23)cn1. The van der Waals surface area contributed by atoms with Crippen LogP contribution in [-0.2, 0) is 0 Å². The third-order valence-corrected chi connectivity index (χ3v) is 5.17. The van der Waals surface area contributed by atoms with Crippen molar-refractivity contribution < 1.29 is 5.11 Å². The highest BCUT2D eigenvalue weighted by molar-refractivity contribution is 6.07. The van der Waals surface area contributed by atoms with E-state index in [1.165, 1.54) is 6.21 Å². The molecule has 0 atom stereocenters. The molecule has 3 aromatic heterocycles. The Bertz CT molecular complexity index is 1020.